The van der Waals surface area contributed by atoms with Gasteiger partial charge in [0.25, 0.3) is 0 Å². The van der Waals surface area contributed by atoms with Crippen LogP contribution in [0, 0.1) is 16.7 Å². The van der Waals surface area contributed by atoms with Crippen LogP contribution in [0.2, 0.25) is 0 Å². The lowest BCUT2D eigenvalue weighted by Crippen LogP contribution is -2.18. The fraction of sp³-hybridized carbons (Fsp3) is 0.200. The lowest BCUT2D eigenvalue weighted by molar-refractivity contribution is 0.548. The minimum Gasteiger partial charge on any atom is -0.442 e. The number of anilines is 2. The smallest absolute Gasteiger partial charge is 0.181 e. The molecule has 2 aromatic heterocycles. The Hall–Kier alpha value is -3.66. The maximum atomic E-state index is 9.11. The van der Waals surface area contributed by atoms with E-state index in [0.29, 0.717) is 28.4 Å². The first-order valence-corrected chi connectivity index (χ1v) is 8.68. The van der Waals surface area contributed by atoms with Crippen molar-refractivity contribution in [2.45, 2.75) is 25.3 Å². The van der Waals surface area contributed by atoms with Gasteiger partial charge in [0, 0.05) is 5.56 Å². The van der Waals surface area contributed by atoms with E-state index in [1.807, 2.05) is 18.2 Å². The zero-order valence-electron chi connectivity index (χ0n) is 14.6. The van der Waals surface area contributed by atoms with Crippen LogP contribution in [0.15, 0.2) is 47.5 Å². The second kappa shape index (κ2) is 6.92. The number of nitrogens with zero attached hydrogens (tertiary/aromatic N) is 3. The maximum Gasteiger partial charge on any atom is 0.181 e. The summed E-state index contributed by atoms with van der Waals surface area (Å²) in [6.07, 6.45) is 7.30. The second-order valence-corrected chi connectivity index (χ2v) is 6.51. The normalized spacial score (nSPS) is 15.6. The van der Waals surface area contributed by atoms with Crippen LogP contribution < -0.4 is 11.1 Å². The van der Waals surface area contributed by atoms with E-state index in [9.17, 15) is 0 Å². The van der Waals surface area contributed by atoms with Crippen LogP contribution in [0.1, 0.15) is 46.9 Å². The van der Waals surface area contributed by atoms with Gasteiger partial charge >= 0.3 is 0 Å². The molecular formula is C20H18N6O. The first kappa shape index (κ1) is 16.8. The summed E-state index contributed by atoms with van der Waals surface area (Å²) >= 11 is 0. The van der Waals surface area contributed by atoms with Gasteiger partial charge in [0.15, 0.2) is 12.2 Å². The van der Waals surface area contributed by atoms with Gasteiger partial charge in [-0.15, -0.1) is 0 Å². The summed E-state index contributed by atoms with van der Waals surface area (Å²) in [7, 11) is 0. The molecule has 4 N–H and O–H groups in total. The molecule has 0 spiro atoms. The fourth-order valence-corrected chi connectivity index (χ4v) is 3.45. The highest BCUT2D eigenvalue weighted by atomic mass is 16.3. The summed E-state index contributed by atoms with van der Waals surface area (Å²) in [5.74, 6) is 0.997. The average molecular weight is 358 g/mol. The van der Waals surface area contributed by atoms with Crippen molar-refractivity contribution in [2.24, 2.45) is 0 Å². The molecule has 1 aromatic carbocycles. The molecule has 2 heterocycles. The number of oxazole rings is 1. The minimum atomic E-state index is 0.102. The third-order valence-electron chi connectivity index (χ3n) is 4.79. The molecule has 0 fully saturated rings. The molecule has 0 bridgehead atoms. The number of fused-ring (bicyclic) bond motifs is 1. The molecule has 3 aromatic rings. The molecule has 27 heavy (non-hydrogen) atoms. The fourth-order valence-electron chi connectivity index (χ4n) is 3.45. The number of nitrogen functional groups attached to an aromatic ring is 1. The van der Waals surface area contributed by atoms with Gasteiger partial charge in [-0.05, 0) is 48.6 Å². The summed E-state index contributed by atoms with van der Waals surface area (Å²) in [5.41, 5.74) is 10.2. The van der Waals surface area contributed by atoms with Crippen molar-refractivity contribution in [3.63, 3.8) is 0 Å². The number of hydrogen-bond acceptors (Lipinski definition) is 7. The van der Waals surface area contributed by atoms with Gasteiger partial charge in [0.1, 0.15) is 11.5 Å². The molecule has 1 unspecified atom stereocenters. The Morgan fingerprint density at radius 2 is 2.22 bits per heavy atom. The van der Waals surface area contributed by atoms with Gasteiger partial charge in [0.2, 0.25) is 0 Å². The van der Waals surface area contributed by atoms with Crippen LogP contribution in [0.3, 0.4) is 0 Å². The second-order valence-electron chi connectivity index (χ2n) is 6.51. The van der Waals surface area contributed by atoms with Crippen molar-refractivity contribution < 1.29 is 4.42 Å². The molecule has 1 atom stereocenters. The van der Waals surface area contributed by atoms with Gasteiger partial charge in [-0.3, -0.25) is 5.41 Å². The lowest BCUT2D eigenvalue weighted by atomic mass is 9.86. The maximum absolute atomic E-state index is 9.11. The molecule has 0 amide bonds. The van der Waals surface area contributed by atoms with Crippen LogP contribution in [0.5, 0.6) is 0 Å². The van der Waals surface area contributed by atoms with Gasteiger partial charge in [-0.1, -0.05) is 6.07 Å². The van der Waals surface area contributed by atoms with Crippen molar-refractivity contribution in [1.82, 2.24) is 9.97 Å². The Bertz CT molecular complexity index is 1040. The molecule has 0 aliphatic heterocycles. The molecule has 0 saturated heterocycles. The highest BCUT2D eigenvalue weighted by Gasteiger charge is 2.21. The SMILES string of the molecule is N#Cc1ccc2c(c1)CCCC2Nc1cc(C(=N)c2cnco2)c(N)cn1. The van der Waals surface area contributed by atoms with Crippen molar-refractivity contribution in [2.75, 3.05) is 11.1 Å². The Morgan fingerprint density at radius 3 is 3.00 bits per heavy atom. The number of aryl methyl sites for hydroxylation is 1. The number of rotatable bonds is 4. The summed E-state index contributed by atoms with van der Waals surface area (Å²) in [5, 5.41) is 20.9. The van der Waals surface area contributed by atoms with E-state index in [2.05, 4.69) is 21.4 Å². The monoisotopic (exact) mass is 358 g/mol. The van der Waals surface area contributed by atoms with Crippen molar-refractivity contribution in [1.29, 1.82) is 10.7 Å². The van der Waals surface area contributed by atoms with E-state index in [0.717, 1.165) is 19.3 Å². The highest BCUT2D eigenvalue weighted by molar-refractivity contribution is 6.12. The summed E-state index contributed by atoms with van der Waals surface area (Å²) in [4.78, 5) is 8.22. The quantitative estimate of drug-likeness (QED) is 0.614. The van der Waals surface area contributed by atoms with E-state index in [1.54, 1.807) is 12.3 Å². The van der Waals surface area contributed by atoms with Gasteiger partial charge in [-0.2, -0.15) is 5.26 Å². The van der Waals surface area contributed by atoms with Crippen molar-refractivity contribution in [3.05, 3.63) is 71.1 Å². The number of benzene rings is 1. The Kier molecular flexibility index (Phi) is 4.30. The largest absolute Gasteiger partial charge is 0.442 e. The molecule has 0 saturated carbocycles. The van der Waals surface area contributed by atoms with Crippen LogP contribution >= 0.6 is 0 Å². The molecular weight excluding hydrogens is 340 g/mol. The summed E-state index contributed by atoms with van der Waals surface area (Å²) in [6.45, 7) is 0. The first-order valence-electron chi connectivity index (χ1n) is 8.68. The average Bonchev–Trinajstić information content (AvgIpc) is 3.23. The van der Waals surface area contributed by atoms with E-state index in [4.69, 9.17) is 20.8 Å². The zero-order chi connectivity index (χ0) is 18.8. The number of nitrogens with two attached hydrogens (primary N) is 1. The molecule has 0 radical (unpaired) electrons. The third kappa shape index (κ3) is 3.25. The van der Waals surface area contributed by atoms with Gasteiger partial charge < -0.3 is 15.5 Å². The van der Waals surface area contributed by atoms with E-state index >= 15 is 0 Å². The van der Waals surface area contributed by atoms with Gasteiger partial charge in [0.05, 0.1) is 35.8 Å². The van der Waals surface area contributed by atoms with Crippen LogP contribution in [-0.4, -0.2) is 15.7 Å². The third-order valence-corrected chi connectivity index (χ3v) is 4.79. The molecule has 7 heteroatoms. The standard InChI is InChI=1S/C20H18N6O/c21-8-12-4-5-14-13(6-12)2-1-3-17(14)26-19-7-15(16(22)9-25-19)20(23)18-10-24-11-27-18/h4-7,9-11,17,23H,1-3,22H2,(H,25,26). The van der Waals surface area contributed by atoms with E-state index in [-0.39, 0.29) is 11.8 Å². The molecule has 134 valence electrons. The van der Waals surface area contributed by atoms with Crippen LogP contribution in [-0.2, 0) is 6.42 Å². The Morgan fingerprint density at radius 1 is 1.33 bits per heavy atom. The number of nitriles is 1. The first-order chi connectivity index (χ1) is 13.2. The predicted molar refractivity (Wildman–Crippen MR) is 102 cm³/mol. The highest BCUT2D eigenvalue weighted by Crippen LogP contribution is 2.33. The molecule has 7 nitrogen and oxygen atoms in total. The summed E-state index contributed by atoms with van der Waals surface area (Å²) < 4.78 is 5.20. The number of hydrogen-bond donors (Lipinski definition) is 3. The minimum absolute atomic E-state index is 0.102. The van der Waals surface area contributed by atoms with Gasteiger partial charge in [-0.25, -0.2) is 9.97 Å². The Labute approximate surface area is 156 Å². The molecule has 4 rings (SSSR count). The predicted octanol–water partition coefficient (Wildman–Crippen LogP) is 3.43. The number of aromatic nitrogens is 2. The topological polar surface area (TPSA) is 125 Å². The zero-order valence-corrected chi connectivity index (χ0v) is 14.6. The van der Waals surface area contributed by atoms with Crippen LogP contribution in [0.4, 0.5) is 11.5 Å². The molecule has 1 aliphatic carbocycles. The van der Waals surface area contributed by atoms with Crippen LogP contribution in [0.25, 0.3) is 0 Å². The van der Waals surface area contributed by atoms with E-state index < -0.39 is 0 Å². The molecule has 1 aliphatic rings. The number of nitrogens with one attached hydrogen (secondary N) is 2. The number of pyridine rings is 1. The lowest BCUT2D eigenvalue weighted by Gasteiger charge is -2.27. The van der Waals surface area contributed by atoms with Crippen molar-refractivity contribution in [3.8, 4) is 6.07 Å². The Balaban J connectivity index is 1.62. The van der Waals surface area contributed by atoms with Crippen molar-refractivity contribution >= 4 is 17.2 Å². The summed E-state index contributed by atoms with van der Waals surface area (Å²) in [6, 6.07) is 9.88. The van der Waals surface area contributed by atoms with E-state index in [1.165, 1.54) is 23.7 Å².